The lowest BCUT2D eigenvalue weighted by molar-refractivity contribution is -0.122. The molecule has 1 fully saturated rings. The third-order valence-electron chi connectivity index (χ3n) is 3.72. The maximum atomic E-state index is 11.5. The second-order valence-electron chi connectivity index (χ2n) is 5.86. The average molecular weight is 436 g/mol. The molecule has 0 atom stereocenters. The van der Waals surface area contributed by atoms with Crippen LogP contribution in [0, 0.1) is 5.92 Å². The molecule has 1 aliphatic rings. The highest BCUT2D eigenvalue weighted by molar-refractivity contribution is 14.0. The molecular formula is C17H33IN4O. The van der Waals surface area contributed by atoms with E-state index >= 15 is 0 Å². The summed E-state index contributed by atoms with van der Waals surface area (Å²) in [6.07, 6.45) is 8.75. The number of halogens is 1. The third kappa shape index (κ3) is 10.6. The summed E-state index contributed by atoms with van der Waals surface area (Å²) in [6.45, 7) is 8.92. The zero-order chi connectivity index (χ0) is 16.2. The molecule has 1 amide bonds. The zero-order valence-electron chi connectivity index (χ0n) is 14.6. The van der Waals surface area contributed by atoms with Crippen molar-refractivity contribution in [2.45, 2.75) is 45.4 Å². The van der Waals surface area contributed by atoms with Crippen LogP contribution >= 0.6 is 24.0 Å². The van der Waals surface area contributed by atoms with Gasteiger partial charge < -0.3 is 15.5 Å². The summed E-state index contributed by atoms with van der Waals surface area (Å²) in [6, 6.07) is 0. The Kier molecular flexibility index (Phi) is 13.2. The Morgan fingerprint density at radius 1 is 1.30 bits per heavy atom. The summed E-state index contributed by atoms with van der Waals surface area (Å²) >= 11 is 0. The van der Waals surface area contributed by atoms with Crippen molar-refractivity contribution in [2.24, 2.45) is 10.9 Å². The van der Waals surface area contributed by atoms with Gasteiger partial charge in [-0.15, -0.1) is 30.6 Å². The fourth-order valence-corrected chi connectivity index (χ4v) is 2.22. The molecule has 0 aromatic rings. The minimum atomic E-state index is 0. The SMILES string of the molecule is C=CCCCCCN(C)C(=NCCNC(=O)C1CC1)NCC.I. The first-order valence-electron chi connectivity index (χ1n) is 8.57. The molecule has 2 N–H and O–H groups in total. The Hall–Kier alpha value is -0.790. The van der Waals surface area contributed by atoms with E-state index in [4.69, 9.17) is 0 Å². The molecule has 5 nitrogen and oxygen atoms in total. The maximum Gasteiger partial charge on any atom is 0.223 e. The van der Waals surface area contributed by atoms with E-state index < -0.39 is 0 Å². The third-order valence-corrected chi connectivity index (χ3v) is 3.72. The highest BCUT2D eigenvalue weighted by atomic mass is 127. The summed E-state index contributed by atoms with van der Waals surface area (Å²) in [4.78, 5) is 18.3. The number of hydrogen-bond acceptors (Lipinski definition) is 2. The molecule has 0 spiro atoms. The summed E-state index contributed by atoms with van der Waals surface area (Å²) in [5, 5.41) is 6.25. The maximum absolute atomic E-state index is 11.5. The number of carbonyl (C=O) groups is 1. The molecule has 0 heterocycles. The predicted molar refractivity (Wildman–Crippen MR) is 108 cm³/mol. The molecule has 1 aliphatic carbocycles. The quantitative estimate of drug-likeness (QED) is 0.172. The monoisotopic (exact) mass is 436 g/mol. The molecule has 0 saturated heterocycles. The van der Waals surface area contributed by atoms with E-state index in [1.165, 1.54) is 12.8 Å². The fourth-order valence-electron chi connectivity index (χ4n) is 2.22. The van der Waals surface area contributed by atoms with Gasteiger partial charge >= 0.3 is 0 Å². The van der Waals surface area contributed by atoms with Gasteiger partial charge in [-0.1, -0.05) is 12.5 Å². The Morgan fingerprint density at radius 2 is 2.04 bits per heavy atom. The van der Waals surface area contributed by atoms with Gasteiger partial charge in [0.05, 0.1) is 6.54 Å². The van der Waals surface area contributed by atoms with Gasteiger partial charge in [-0.25, -0.2) is 0 Å². The van der Waals surface area contributed by atoms with Crippen LogP contribution in [-0.2, 0) is 4.79 Å². The van der Waals surface area contributed by atoms with Gasteiger partial charge in [0.15, 0.2) is 5.96 Å². The standard InChI is InChI=1S/C17H32N4O.HI/c1-4-6-7-8-9-14-21(3)17(18-5-2)20-13-12-19-16(22)15-10-11-15;/h4,15H,1,5-14H2,2-3H3,(H,18,20)(H,19,22);1H. The van der Waals surface area contributed by atoms with Crippen molar-refractivity contribution in [3.05, 3.63) is 12.7 Å². The van der Waals surface area contributed by atoms with Crippen molar-refractivity contribution < 1.29 is 4.79 Å². The van der Waals surface area contributed by atoms with Gasteiger partial charge in [0.25, 0.3) is 0 Å². The lowest BCUT2D eigenvalue weighted by Crippen LogP contribution is -2.40. The lowest BCUT2D eigenvalue weighted by Gasteiger charge is -2.22. The van der Waals surface area contributed by atoms with Crippen molar-refractivity contribution in [1.82, 2.24) is 15.5 Å². The number of hydrogen-bond donors (Lipinski definition) is 2. The van der Waals surface area contributed by atoms with E-state index in [9.17, 15) is 4.79 Å². The molecule has 0 aliphatic heterocycles. The van der Waals surface area contributed by atoms with E-state index in [0.29, 0.717) is 13.1 Å². The van der Waals surface area contributed by atoms with Crippen molar-refractivity contribution >= 4 is 35.8 Å². The van der Waals surface area contributed by atoms with Crippen LogP contribution in [0.15, 0.2) is 17.6 Å². The molecule has 23 heavy (non-hydrogen) atoms. The van der Waals surface area contributed by atoms with Crippen LogP contribution in [0.4, 0.5) is 0 Å². The number of allylic oxidation sites excluding steroid dienone is 1. The smallest absolute Gasteiger partial charge is 0.223 e. The topological polar surface area (TPSA) is 56.7 Å². The van der Waals surface area contributed by atoms with Crippen LogP contribution in [0.1, 0.15) is 45.4 Å². The first-order chi connectivity index (χ1) is 10.7. The van der Waals surface area contributed by atoms with Crippen LogP contribution in [-0.4, -0.2) is 50.0 Å². The highest BCUT2D eigenvalue weighted by Gasteiger charge is 2.28. The highest BCUT2D eigenvalue weighted by Crippen LogP contribution is 2.28. The fraction of sp³-hybridized carbons (Fsp3) is 0.765. The largest absolute Gasteiger partial charge is 0.357 e. The van der Waals surface area contributed by atoms with Gasteiger partial charge in [-0.05, 0) is 39.0 Å². The first kappa shape index (κ1) is 22.2. The number of guanidine groups is 1. The molecule has 0 aromatic carbocycles. The summed E-state index contributed by atoms with van der Waals surface area (Å²) in [5.41, 5.74) is 0. The van der Waals surface area contributed by atoms with Crippen LogP contribution in [0.25, 0.3) is 0 Å². The van der Waals surface area contributed by atoms with Gasteiger partial charge in [-0.2, -0.15) is 0 Å². The second-order valence-corrected chi connectivity index (χ2v) is 5.86. The number of nitrogens with one attached hydrogen (secondary N) is 2. The van der Waals surface area contributed by atoms with E-state index in [1.807, 2.05) is 6.08 Å². The van der Waals surface area contributed by atoms with E-state index in [2.05, 4.69) is 41.1 Å². The van der Waals surface area contributed by atoms with Crippen LogP contribution in [0.3, 0.4) is 0 Å². The van der Waals surface area contributed by atoms with Gasteiger partial charge in [0.1, 0.15) is 0 Å². The van der Waals surface area contributed by atoms with Crippen molar-refractivity contribution in [3.8, 4) is 0 Å². The number of aliphatic imine (C=N–C) groups is 1. The van der Waals surface area contributed by atoms with Crippen LogP contribution < -0.4 is 10.6 Å². The molecule has 0 aromatic heterocycles. The van der Waals surface area contributed by atoms with E-state index in [0.717, 1.165) is 44.7 Å². The number of rotatable bonds is 11. The Balaban J connectivity index is 0.00000484. The minimum Gasteiger partial charge on any atom is -0.357 e. The summed E-state index contributed by atoms with van der Waals surface area (Å²) in [7, 11) is 2.07. The van der Waals surface area contributed by atoms with E-state index in [-0.39, 0.29) is 35.8 Å². The Bertz CT molecular complexity index is 370. The predicted octanol–water partition coefficient (Wildman–Crippen LogP) is 2.77. The molecule has 1 rings (SSSR count). The number of amides is 1. The number of nitrogens with zero attached hydrogens (tertiary/aromatic N) is 2. The molecule has 6 heteroatoms. The summed E-state index contributed by atoms with van der Waals surface area (Å²) < 4.78 is 0. The normalized spacial score (nSPS) is 13.9. The molecule has 0 unspecified atom stereocenters. The van der Waals surface area contributed by atoms with Crippen molar-refractivity contribution in [3.63, 3.8) is 0 Å². The average Bonchev–Trinajstić information content (AvgIpc) is 3.34. The first-order valence-corrected chi connectivity index (χ1v) is 8.57. The van der Waals surface area contributed by atoms with E-state index in [1.54, 1.807) is 0 Å². The lowest BCUT2D eigenvalue weighted by atomic mass is 10.2. The summed E-state index contributed by atoms with van der Waals surface area (Å²) in [5.74, 6) is 1.39. The number of unbranched alkanes of at least 4 members (excludes halogenated alkanes) is 3. The van der Waals surface area contributed by atoms with Crippen molar-refractivity contribution in [1.29, 1.82) is 0 Å². The van der Waals surface area contributed by atoms with Crippen molar-refractivity contribution in [2.75, 3.05) is 33.2 Å². The molecule has 1 saturated carbocycles. The number of carbonyl (C=O) groups excluding carboxylic acids is 1. The Morgan fingerprint density at radius 3 is 2.65 bits per heavy atom. The molecular weight excluding hydrogens is 403 g/mol. The minimum absolute atomic E-state index is 0. The van der Waals surface area contributed by atoms with Gasteiger partial charge in [0.2, 0.25) is 5.91 Å². The van der Waals surface area contributed by atoms with Gasteiger partial charge in [-0.3, -0.25) is 9.79 Å². The molecule has 134 valence electrons. The zero-order valence-corrected chi connectivity index (χ0v) is 17.0. The second kappa shape index (κ2) is 13.6. The van der Waals surface area contributed by atoms with Gasteiger partial charge in [0, 0.05) is 32.6 Å². The molecule has 0 bridgehead atoms. The Labute approximate surface area is 158 Å². The van der Waals surface area contributed by atoms with Crippen LogP contribution in [0.2, 0.25) is 0 Å². The van der Waals surface area contributed by atoms with Crippen LogP contribution in [0.5, 0.6) is 0 Å². The molecule has 0 radical (unpaired) electrons.